The van der Waals surface area contributed by atoms with E-state index in [0.717, 1.165) is 28.2 Å². The second kappa shape index (κ2) is 7.37. The minimum Gasteiger partial charge on any atom is -0.493 e. The first-order valence-electron chi connectivity index (χ1n) is 9.78. The van der Waals surface area contributed by atoms with Gasteiger partial charge < -0.3 is 14.2 Å². The SMILES string of the molecule is COc1cccc([C@H]2Oc3ccccc3[C@@H]3CC(c4ccc(F)cc4)=NN23)c1OC. The van der Waals surface area contributed by atoms with Crippen LogP contribution in [0.5, 0.6) is 17.2 Å². The van der Waals surface area contributed by atoms with E-state index in [2.05, 4.69) is 6.07 Å². The number of halogens is 1. The lowest BCUT2D eigenvalue weighted by molar-refractivity contribution is -0.0205. The highest BCUT2D eigenvalue weighted by molar-refractivity contribution is 6.01. The Morgan fingerprint density at radius 3 is 2.47 bits per heavy atom. The van der Waals surface area contributed by atoms with Gasteiger partial charge in [0.05, 0.1) is 31.5 Å². The number of ether oxygens (including phenoxy) is 3. The molecule has 5 rings (SSSR count). The first-order chi connectivity index (χ1) is 14.7. The third-order valence-corrected chi connectivity index (χ3v) is 5.58. The Morgan fingerprint density at radius 2 is 1.70 bits per heavy atom. The van der Waals surface area contributed by atoms with Gasteiger partial charge in [-0.25, -0.2) is 9.40 Å². The fraction of sp³-hybridized carbons (Fsp3) is 0.208. The summed E-state index contributed by atoms with van der Waals surface area (Å²) < 4.78 is 30.9. The summed E-state index contributed by atoms with van der Waals surface area (Å²) in [6.45, 7) is 0. The molecule has 152 valence electrons. The number of methoxy groups -OCH3 is 2. The molecule has 3 aromatic rings. The van der Waals surface area contributed by atoms with Crippen LogP contribution in [0.1, 0.15) is 35.4 Å². The maximum absolute atomic E-state index is 13.4. The predicted octanol–water partition coefficient (Wildman–Crippen LogP) is 5.09. The van der Waals surface area contributed by atoms with E-state index in [0.29, 0.717) is 17.9 Å². The van der Waals surface area contributed by atoms with Crippen molar-refractivity contribution in [3.05, 3.63) is 89.2 Å². The lowest BCUT2D eigenvalue weighted by Crippen LogP contribution is -2.34. The summed E-state index contributed by atoms with van der Waals surface area (Å²) in [5, 5.41) is 6.87. The highest BCUT2D eigenvalue weighted by Gasteiger charge is 2.42. The van der Waals surface area contributed by atoms with Gasteiger partial charge in [0.1, 0.15) is 11.6 Å². The number of hydrogen-bond donors (Lipinski definition) is 0. The summed E-state index contributed by atoms with van der Waals surface area (Å²) in [5.74, 6) is 1.82. The molecule has 2 heterocycles. The van der Waals surface area contributed by atoms with Gasteiger partial charge in [-0.2, -0.15) is 5.10 Å². The van der Waals surface area contributed by atoms with Gasteiger partial charge in [-0.15, -0.1) is 0 Å². The number of para-hydroxylation sites is 2. The molecule has 0 fully saturated rings. The standard InChI is InChI=1S/C24H21FN2O3/c1-28-22-9-5-7-18(23(22)29-2)24-27-20(17-6-3-4-8-21(17)30-24)14-19(26-27)15-10-12-16(25)13-11-15/h3-13,20,24H,14H2,1-2H3/t20-,24+/m0/s1. The van der Waals surface area contributed by atoms with E-state index in [-0.39, 0.29) is 11.9 Å². The Kier molecular flexibility index (Phi) is 4.54. The number of rotatable bonds is 4. The van der Waals surface area contributed by atoms with Gasteiger partial charge in [-0.3, -0.25) is 0 Å². The number of hydrogen-bond acceptors (Lipinski definition) is 5. The molecule has 0 unspecified atom stereocenters. The fourth-order valence-electron chi connectivity index (χ4n) is 4.16. The van der Waals surface area contributed by atoms with Crippen LogP contribution in [-0.2, 0) is 0 Å². The zero-order valence-corrected chi connectivity index (χ0v) is 16.7. The van der Waals surface area contributed by atoms with E-state index in [1.807, 2.05) is 41.4 Å². The average Bonchev–Trinajstić information content (AvgIpc) is 3.24. The average molecular weight is 404 g/mol. The predicted molar refractivity (Wildman–Crippen MR) is 111 cm³/mol. The summed E-state index contributed by atoms with van der Waals surface area (Å²) in [4.78, 5) is 0. The molecule has 0 N–H and O–H groups in total. The highest BCUT2D eigenvalue weighted by Crippen LogP contribution is 2.49. The highest BCUT2D eigenvalue weighted by atomic mass is 19.1. The topological polar surface area (TPSA) is 43.3 Å². The van der Waals surface area contributed by atoms with E-state index in [4.69, 9.17) is 19.3 Å². The van der Waals surface area contributed by atoms with Crippen molar-refractivity contribution in [1.82, 2.24) is 5.01 Å². The molecule has 0 aromatic heterocycles. The number of nitrogens with zero attached hydrogens (tertiary/aromatic N) is 2. The Bertz CT molecular complexity index is 1110. The Balaban J connectivity index is 1.62. The smallest absolute Gasteiger partial charge is 0.217 e. The molecular weight excluding hydrogens is 383 g/mol. The van der Waals surface area contributed by atoms with E-state index in [1.54, 1.807) is 26.4 Å². The van der Waals surface area contributed by atoms with Crippen LogP contribution in [0.4, 0.5) is 4.39 Å². The van der Waals surface area contributed by atoms with E-state index < -0.39 is 6.23 Å². The van der Waals surface area contributed by atoms with E-state index in [1.165, 1.54) is 12.1 Å². The first-order valence-corrected chi connectivity index (χ1v) is 9.78. The quantitative estimate of drug-likeness (QED) is 0.608. The molecule has 2 atom stereocenters. The minimum absolute atomic E-state index is 0.0101. The molecule has 0 spiro atoms. The molecule has 0 radical (unpaired) electrons. The van der Waals surface area contributed by atoms with Crippen LogP contribution in [0.15, 0.2) is 71.8 Å². The van der Waals surface area contributed by atoms with E-state index >= 15 is 0 Å². The van der Waals surface area contributed by atoms with Gasteiger partial charge in [-0.05, 0) is 35.9 Å². The molecular formula is C24H21FN2O3. The van der Waals surface area contributed by atoms with Crippen molar-refractivity contribution >= 4 is 5.71 Å². The van der Waals surface area contributed by atoms with Crippen molar-refractivity contribution in [2.45, 2.75) is 18.7 Å². The molecule has 3 aromatic carbocycles. The molecule has 30 heavy (non-hydrogen) atoms. The first kappa shape index (κ1) is 18.5. The molecule has 2 aliphatic heterocycles. The summed E-state index contributed by atoms with van der Waals surface area (Å²) in [7, 11) is 3.23. The van der Waals surface area contributed by atoms with Crippen molar-refractivity contribution in [3.63, 3.8) is 0 Å². The second-order valence-electron chi connectivity index (χ2n) is 7.24. The third-order valence-electron chi connectivity index (χ3n) is 5.58. The summed E-state index contributed by atoms with van der Waals surface area (Å²) >= 11 is 0. The normalized spacial score (nSPS) is 19.4. The summed E-state index contributed by atoms with van der Waals surface area (Å²) in [6, 6.07) is 20.2. The fourth-order valence-corrected chi connectivity index (χ4v) is 4.16. The maximum atomic E-state index is 13.4. The van der Waals surface area contributed by atoms with Crippen LogP contribution in [0.3, 0.4) is 0 Å². The van der Waals surface area contributed by atoms with E-state index in [9.17, 15) is 4.39 Å². The zero-order valence-electron chi connectivity index (χ0n) is 16.7. The lowest BCUT2D eigenvalue weighted by atomic mass is 9.96. The van der Waals surface area contributed by atoms with Crippen LogP contribution < -0.4 is 14.2 Å². The van der Waals surface area contributed by atoms with Crippen molar-refractivity contribution in [3.8, 4) is 17.2 Å². The summed E-state index contributed by atoms with van der Waals surface area (Å²) in [5.41, 5.74) is 3.71. The van der Waals surface area contributed by atoms with Crippen molar-refractivity contribution in [1.29, 1.82) is 0 Å². The monoisotopic (exact) mass is 404 g/mol. The molecule has 0 saturated carbocycles. The van der Waals surface area contributed by atoms with Crippen LogP contribution >= 0.6 is 0 Å². The molecule has 2 aliphatic rings. The van der Waals surface area contributed by atoms with Crippen LogP contribution in [0, 0.1) is 5.82 Å². The largest absolute Gasteiger partial charge is 0.493 e. The van der Waals surface area contributed by atoms with Crippen LogP contribution in [0.25, 0.3) is 0 Å². The zero-order chi connectivity index (χ0) is 20.7. The lowest BCUT2D eigenvalue weighted by Gasteiger charge is -2.38. The maximum Gasteiger partial charge on any atom is 0.217 e. The molecule has 0 bridgehead atoms. The van der Waals surface area contributed by atoms with Gasteiger partial charge in [0.25, 0.3) is 0 Å². The Morgan fingerprint density at radius 1 is 0.933 bits per heavy atom. The van der Waals surface area contributed by atoms with Gasteiger partial charge in [0.2, 0.25) is 6.23 Å². The Labute approximate surface area is 174 Å². The van der Waals surface area contributed by atoms with Gasteiger partial charge in [0.15, 0.2) is 11.5 Å². The third kappa shape index (κ3) is 2.96. The van der Waals surface area contributed by atoms with Crippen LogP contribution in [-0.4, -0.2) is 24.9 Å². The second-order valence-corrected chi connectivity index (χ2v) is 7.24. The van der Waals surface area contributed by atoms with Gasteiger partial charge >= 0.3 is 0 Å². The number of hydrazone groups is 1. The molecule has 0 amide bonds. The van der Waals surface area contributed by atoms with Crippen molar-refractivity contribution < 1.29 is 18.6 Å². The summed E-state index contributed by atoms with van der Waals surface area (Å²) in [6.07, 6.45) is 0.224. The molecule has 6 heteroatoms. The van der Waals surface area contributed by atoms with Crippen molar-refractivity contribution in [2.75, 3.05) is 14.2 Å². The van der Waals surface area contributed by atoms with Gasteiger partial charge in [0, 0.05) is 12.0 Å². The number of fused-ring (bicyclic) bond motifs is 3. The van der Waals surface area contributed by atoms with Crippen LogP contribution in [0.2, 0.25) is 0 Å². The number of benzene rings is 3. The van der Waals surface area contributed by atoms with Crippen molar-refractivity contribution in [2.24, 2.45) is 5.10 Å². The Hall–Kier alpha value is -3.54. The molecule has 5 nitrogen and oxygen atoms in total. The van der Waals surface area contributed by atoms with Gasteiger partial charge in [-0.1, -0.05) is 36.4 Å². The molecule has 0 saturated heterocycles. The minimum atomic E-state index is -0.479. The molecule has 0 aliphatic carbocycles.